The van der Waals surface area contributed by atoms with Crippen molar-refractivity contribution in [3.8, 4) is 22.7 Å². The molecule has 1 N–H and O–H groups in total. The van der Waals surface area contributed by atoms with E-state index < -0.39 is 0 Å². The number of H-pyrrole nitrogens is 1. The Kier molecular flexibility index (Phi) is 22.2. The van der Waals surface area contributed by atoms with Gasteiger partial charge in [-0.05, 0) is 132 Å². The average molecular weight is 1400 g/mol. The molecule has 17 aromatic rings. The van der Waals surface area contributed by atoms with Gasteiger partial charge in [-0.15, -0.1) is 10.2 Å². The third-order valence-corrected chi connectivity index (χ3v) is 20.1. The van der Waals surface area contributed by atoms with E-state index in [1.165, 1.54) is 66.1 Å². The first kappa shape index (κ1) is 70.9. The summed E-state index contributed by atoms with van der Waals surface area (Å²) >= 11 is 0. The van der Waals surface area contributed by atoms with Crippen LogP contribution in [0.25, 0.3) is 66.4 Å². The van der Waals surface area contributed by atoms with Gasteiger partial charge in [0.15, 0.2) is 11.6 Å². The minimum Gasteiger partial charge on any atom is -0.316 e. The van der Waals surface area contributed by atoms with Crippen molar-refractivity contribution in [2.75, 3.05) is 0 Å². The number of Topliss-reactive ketones (excluding diaryl/α,β-unsaturated/α-hetero) is 2. The van der Waals surface area contributed by atoms with Crippen LogP contribution in [0.15, 0.2) is 365 Å². The van der Waals surface area contributed by atoms with Crippen LogP contribution in [0.5, 0.6) is 0 Å². The van der Waals surface area contributed by atoms with E-state index in [1.54, 1.807) is 13.8 Å². The van der Waals surface area contributed by atoms with Gasteiger partial charge in [-0.3, -0.25) is 4.79 Å². The highest BCUT2D eigenvalue weighted by Crippen LogP contribution is 2.42. The molecule has 107 heavy (non-hydrogen) atoms. The molecule has 0 saturated carbocycles. The Labute approximate surface area is 624 Å². The number of hydrogen-bond acceptors (Lipinski definition) is 6. The monoisotopic (exact) mass is 1400 g/mol. The molecular formula is C96H84N8O3. The van der Waals surface area contributed by atoms with Crippen LogP contribution >= 0.6 is 0 Å². The van der Waals surface area contributed by atoms with Crippen LogP contribution in [-0.4, -0.2) is 56.2 Å². The largest absolute Gasteiger partial charge is 0.316 e. The van der Waals surface area contributed by atoms with Gasteiger partial charge in [0.25, 0.3) is 0 Å². The number of tetrazole rings is 1. The topological polar surface area (TPSA) is 125 Å². The van der Waals surface area contributed by atoms with E-state index in [0.717, 1.165) is 39.2 Å². The van der Waals surface area contributed by atoms with Crippen LogP contribution in [0.3, 0.4) is 0 Å². The molecule has 11 heteroatoms. The Morgan fingerprint density at radius 2 is 0.636 bits per heavy atom. The number of benzene rings is 12. The van der Waals surface area contributed by atoms with Gasteiger partial charge in [-0.25, -0.2) is 0 Å². The van der Waals surface area contributed by atoms with Crippen molar-refractivity contribution in [2.45, 2.75) is 64.7 Å². The maximum Gasteiger partial charge on any atom is 0.195 e. The average Bonchev–Trinajstić information content (AvgIpc) is 1.65. The third-order valence-electron chi connectivity index (χ3n) is 20.1. The van der Waals surface area contributed by atoms with E-state index in [4.69, 9.17) is 0 Å². The van der Waals surface area contributed by atoms with Gasteiger partial charge in [0.1, 0.15) is 11.6 Å². The summed E-state index contributed by atoms with van der Waals surface area (Å²) in [6, 6.07) is 116. The fourth-order valence-corrected chi connectivity index (χ4v) is 15.3. The summed E-state index contributed by atoms with van der Waals surface area (Å²) in [6.07, 6.45) is 10.5. The number of aromatic amines is 1. The lowest BCUT2D eigenvalue weighted by Gasteiger charge is -2.24. The second-order valence-corrected chi connectivity index (χ2v) is 27.4. The van der Waals surface area contributed by atoms with Crippen molar-refractivity contribution in [1.82, 2.24) is 38.9 Å². The van der Waals surface area contributed by atoms with Gasteiger partial charge in [0.05, 0.1) is 22.1 Å². The van der Waals surface area contributed by atoms with E-state index in [1.807, 2.05) is 128 Å². The molecule has 0 fully saturated rings. The van der Waals surface area contributed by atoms with Gasteiger partial charge in [0.2, 0.25) is 0 Å². The zero-order valence-electron chi connectivity index (χ0n) is 60.5. The molecule has 0 radical (unpaired) electrons. The van der Waals surface area contributed by atoms with Crippen molar-refractivity contribution in [3.63, 3.8) is 0 Å². The lowest BCUT2D eigenvalue weighted by atomic mass is 9.79. The number of nitrogens with one attached hydrogen (secondary N) is 1. The van der Waals surface area contributed by atoms with Gasteiger partial charge >= 0.3 is 0 Å². The molecule has 17 rings (SSSR count). The molecular weight excluding hydrogens is 1310 g/mol. The van der Waals surface area contributed by atoms with Crippen LogP contribution in [0.2, 0.25) is 0 Å². The van der Waals surface area contributed by atoms with Crippen molar-refractivity contribution < 1.29 is 14.4 Å². The summed E-state index contributed by atoms with van der Waals surface area (Å²) in [5.41, 5.74) is 18.1. The molecule has 526 valence electrons. The summed E-state index contributed by atoms with van der Waals surface area (Å²) in [4.78, 5) is 36.7. The van der Waals surface area contributed by atoms with E-state index in [2.05, 4.69) is 290 Å². The van der Waals surface area contributed by atoms with Gasteiger partial charge < -0.3 is 27.9 Å². The minimum atomic E-state index is 0.0523. The number of carbonyl (C=O) groups is 3. The Morgan fingerprint density at radius 3 is 1.00 bits per heavy atom. The molecule has 0 bridgehead atoms. The molecule has 2 unspecified atom stereocenters. The summed E-state index contributed by atoms with van der Waals surface area (Å²) in [7, 11) is 0. The Bertz CT molecular complexity index is 5560. The van der Waals surface area contributed by atoms with Crippen LogP contribution in [0.4, 0.5) is 0 Å². The smallest absolute Gasteiger partial charge is 0.195 e. The van der Waals surface area contributed by atoms with Crippen molar-refractivity contribution >= 4 is 61.0 Å². The van der Waals surface area contributed by atoms with Crippen LogP contribution in [0.1, 0.15) is 113 Å². The number of para-hydroxylation sites is 8. The first-order chi connectivity index (χ1) is 52.5. The standard InChI is InChI=1S/2C26H25NO.C23H19N5.C21H15NO/c2*1-19(17-20(2)28)26(21-11-5-3-6-12-21)24-18-27(22-13-7-4-8-14-22)25-16-10-9-15-23(24)25;1-3-9-17(10-4-1)20(15-23-24-26-27-25-23)21-16-28(18-11-5-2-6-12-18)22-14-8-7-13-19(21)22;23-21(16-9-3-1-4-10-16)19-15-22(17-11-5-2-6-12-17)20-14-8-7-13-18(19)20/h2*3-16,18-19,26H,17H2,1-2H3;1-14,16,20H,15H2,(H,24,25,26,27);1-15H/t19-,26?;19-,26-;;/m10../s1. The number of aromatic nitrogens is 8. The molecule has 0 saturated heterocycles. The van der Waals surface area contributed by atoms with E-state index in [0.29, 0.717) is 30.7 Å². The Balaban J connectivity index is 0.000000120. The lowest BCUT2D eigenvalue weighted by molar-refractivity contribution is -0.118. The Hall–Kier alpha value is -13.1. The lowest BCUT2D eigenvalue weighted by Crippen LogP contribution is -2.14. The SMILES string of the molecule is CC(=O)C[C@@H](C)C(c1ccccc1)c1cn(-c2ccccc2)c2ccccc12.CC(=O)C[C@H](C)[C@@H](c1ccccc1)c1cn(-c2ccccc2)c2ccccc12.O=C(c1ccccc1)c1cn(-c2ccccc2)c2ccccc12.c1ccc(C(Cc2nn[nH]n2)c2cn(-c3ccccc3)c3ccccc23)cc1. The minimum absolute atomic E-state index is 0.0523. The highest BCUT2D eigenvalue weighted by atomic mass is 16.1. The first-order valence-corrected chi connectivity index (χ1v) is 36.6. The van der Waals surface area contributed by atoms with Crippen LogP contribution in [0, 0.1) is 11.8 Å². The van der Waals surface area contributed by atoms with Crippen molar-refractivity contribution in [1.29, 1.82) is 0 Å². The number of fused-ring (bicyclic) bond motifs is 4. The highest BCUT2D eigenvalue weighted by Gasteiger charge is 2.29. The summed E-state index contributed by atoms with van der Waals surface area (Å²) in [5, 5.41) is 19.4. The van der Waals surface area contributed by atoms with E-state index in [-0.39, 0.29) is 46.9 Å². The Morgan fingerprint density at radius 1 is 0.336 bits per heavy atom. The van der Waals surface area contributed by atoms with Gasteiger partial charge in [-0.1, -0.05) is 286 Å². The number of nitrogens with zero attached hydrogens (tertiary/aromatic N) is 7. The number of hydrogen-bond donors (Lipinski definition) is 1. The zero-order valence-corrected chi connectivity index (χ0v) is 60.5. The number of rotatable bonds is 20. The summed E-state index contributed by atoms with van der Waals surface area (Å²) in [6.45, 7) is 7.75. The van der Waals surface area contributed by atoms with Gasteiger partial charge in [-0.2, -0.15) is 5.21 Å². The van der Waals surface area contributed by atoms with Crippen molar-refractivity contribution in [2.24, 2.45) is 11.8 Å². The molecule has 5 heterocycles. The number of carbonyl (C=O) groups excluding carboxylic acids is 3. The fourth-order valence-electron chi connectivity index (χ4n) is 15.3. The normalized spacial score (nSPS) is 12.5. The van der Waals surface area contributed by atoms with Crippen LogP contribution in [-0.2, 0) is 16.0 Å². The van der Waals surface area contributed by atoms with Crippen LogP contribution < -0.4 is 0 Å². The second kappa shape index (κ2) is 33.5. The summed E-state index contributed by atoms with van der Waals surface area (Å²) < 4.78 is 8.87. The molecule has 5 atom stereocenters. The molecule has 5 aromatic heterocycles. The molecule has 0 aliphatic heterocycles. The predicted octanol–water partition coefficient (Wildman–Crippen LogP) is 22.1. The second-order valence-electron chi connectivity index (χ2n) is 27.4. The van der Waals surface area contributed by atoms with Crippen molar-refractivity contribution in [3.05, 3.63) is 415 Å². The highest BCUT2D eigenvalue weighted by molar-refractivity contribution is 6.16. The first-order valence-electron chi connectivity index (χ1n) is 36.6. The van der Waals surface area contributed by atoms with Gasteiger partial charge in [0, 0.05) is 117 Å². The number of ketones is 3. The molecule has 11 nitrogen and oxygen atoms in total. The maximum absolute atomic E-state index is 12.9. The van der Waals surface area contributed by atoms with E-state index in [9.17, 15) is 14.4 Å². The summed E-state index contributed by atoms with van der Waals surface area (Å²) in [5.74, 6) is 2.14. The molecule has 0 spiro atoms. The molecule has 12 aromatic carbocycles. The third kappa shape index (κ3) is 16.2. The molecule has 0 aliphatic carbocycles. The quantitative estimate of drug-likeness (QED) is 0.0758. The maximum atomic E-state index is 12.9. The van der Waals surface area contributed by atoms with E-state index >= 15 is 0 Å². The molecule has 0 amide bonds. The predicted molar refractivity (Wildman–Crippen MR) is 435 cm³/mol. The molecule has 0 aliphatic rings. The zero-order chi connectivity index (χ0) is 73.4. The fraction of sp³-hybridized carbons (Fsp3) is 0.125.